The topological polar surface area (TPSA) is 55.4 Å². The average molecular weight is 397 g/mol. The summed E-state index contributed by atoms with van der Waals surface area (Å²) in [6.45, 7) is 4.33. The van der Waals surface area contributed by atoms with Crippen molar-refractivity contribution in [2.45, 2.75) is 11.1 Å². The van der Waals surface area contributed by atoms with Gasteiger partial charge in [0.2, 0.25) is 0 Å². The Kier molecular flexibility index (Phi) is 10.8. The van der Waals surface area contributed by atoms with Crippen LogP contribution in [0.5, 0.6) is 0 Å². The van der Waals surface area contributed by atoms with Crippen molar-refractivity contribution in [3.8, 4) is 0 Å². The lowest BCUT2D eigenvalue weighted by Crippen LogP contribution is -2.50. The molecule has 0 aromatic heterocycles. The van der Waals surface area contributed by atoms with E-state index in [1.165, 1.54) is 0 Å². The number of hydrogen-bond donors (Lipinski definition) is 0. The molecule has 0 heterocycles. The minimum Gasteiger partial charge on any atom is -0.391 e. The molecule has 2 aliphatic carbocycles. The molecule has 7 heteroatoms. The fourth-order valence-electron chi connectivity index (χ4n) is 3.06. The second kappa shape index (κ2) is 13.2. The highest BCUT2D eigenvalue weighted by molar-refractivity contribution is 6.72. The monoisotopic (exact) mass is 396 g/mol. The molecule has 0 atom stereocenters. The Labute approximate surface area is 163 Å². The maximum Gasteiger partial charge on any atom is 0.360 e. The molecule has 2 rings (SSSR count). The highest BCUT2D eigenvalue weighted by Crippen LogP contribution is 2.42. The summed E-state index contributed by atoms with van der Waals surface area (Å²) in [5.74, 6) is 0. The molecule has 0 bridgehead atoms. The molecule has 6 nitrogen and oxygen atoms in total. The molecule has 0 aromatic carbocycles. The van der Waals surface area contributed by atoms with E-state index >= 15 is 0 Å². The van der Waals surface area contributed by atoms with Gasteiger partial charge in [0.05, 0.1) is 52.9 Å². The zero-order valence-corrected chi connectivity index (χ0v) is 17.4. The lowest BCUT2D eigenvalue weighted by molar-refractivity contribution is 0.0301. The van der Waals surface area contributed by atoms with E-state index in [1.54, 1.807) is 14.2 Å². The van der Waals surface area contributed by atoms with Gasteiger partial charge in [0.25, 0.3) is 0 Å². The van der Waals surface area contributed by atoms with E-state index in [1.807, 2.05) is 0 Å². The van der Waals surface area contributed by atoms with Crippen LogP contribution in [-0.4, -0.2) is 75.6 Å². The second-order valence-electron chi connectivity index (χ2n) is 6.22. The van der Waals surface area contributed by atoms with Crippen molar-refractivity contribution < 1.29 is 27.8 Å². The van der Waals surface area contributed by atoms with Gasteiger partial charge in [0.1, 0.15) is 0 Å². The molecule has 0 saturated heterocycles. The molecule has 0 unspecified atom stereocenters. The number of hydrogen-bond acceptors (Lipinski definition) is 6. The van der Waals surface area contributed by atoms with Gasteiger partial charge in [-0.25, -0.2) is 0 Å². The molecule has 0 fully saturated rings. The van der Waals surface area contributed by atoms with Gasteiger partial charge in [0.15, 0.2) is 0 Å². The van der Waals surface area contributed by atoms with Crippen molar-refractivity contribution in [3.05, 3.63) is 48.6 Å². The van der Waals surface area contributed by atoms with Crippen molar-refractivity contribution >= 4 is 8.56 Å². The lowest BCUT2D eigenvalue weighted by atomic mass is 10.4. The largest absolute Gasteiger partial charge is 0.391 e. The van der Waals surface area contributed by atoms with E-state index in [2.05, 4.69) is 48.6 Å². The van der Waals surface area contributed by atoms with E-state index in [0.29, 0.717) is 52.9 Å². The van der Waals surface area contributed by atoms with Crippen LogP contribution in [0.15, 0.2) is 48.6 Å². The predicted octanol–water partition coefficient (Wildman–Crippen LogP) is 2.78. The molecule has 152 valence electrons. The summed E-state index contributed by atoms with van der Waals surface area (Å²) < 4.78 is 34.1. The van der Waals surface area contributed by atoms with Crippen LogP contribution in [-0.2, 0) is 27.8 Å². The minimum absolute atomic E-state index is 0.160. The molecule has 0 aromatic rings. The molecular formula is C20H32O6Si. The highest BCUT2D eigenvalue weighted by atomic mass is 28.4. The van der Waals surface area contributed by atoms with E-state index in [4.69, 9.17) is 27.8 Å². The van der Waals surface area contributed by atoms with Gasteiger partial charge >= 0.3 is 8.56 Å². The molecule has 0 aliphatic heterocycles. The Bertz CT molecular complexity index is 447. The molecule has 2 aliphatic rings. The summed E-state index contributed by atoms with van der Waals surface area (Å²) in [5.41, 5.74) is 0.320. The molecule has 0 amide bonds. The smallest absolute Gasteiger partial charge is 0.360 e. The van der Waals surface area contributed by atoms with Gasteiger partial charge in [-0.1, -0.05) is 48.6 Å². The van der Waals surface area contributed by atoms with E-state index in [9.17, 15) is 0 Å². The minimum atomic E-state index is -2.64. The summed E-state index contributed by atoms with van der Waals surface area (Å²) in [6.07, 6.45) is 16.9. The first-order valence-corrected chi connectivity index (χ1v) is 11.4. The summed E-state index contributed by atoms with van der Waals surface area (Å²) in [4.78, 5) is 0. The van der Waals surface area contributed by atoms with Crippen LogP contribution >= 0.6 is 0 Å². The lowest BCUT2D eigenvalue weighted by Gasteiger charge is -2.37. The second-order valence-corrected chi connectivity index (χ2v) is 9.57. The van der Waals surface area contributed by atoms with Gasteiger partial charge < -0.3 is 27.8 Å². The highest BCUT2D eigenvalue weighted by Gasteiger charge is 2.50. The first-order chi connectivity index (χ1) is 13.3. The van der Waals surface area contributed by atoms with Crippen LogP contribution in [0.25, 0.3) is 0 Å². The molecule has 0 spiro atoms. The van der Waals surface area contributed by atoms with Crippen LogP contribution in [0.2, 0.25) is 11.1 Å². The van der Waals surface area contributed by atoms with Crippen molar-refractivity contribution in [3.63, 3.8) is 0 Å². The SMILES string of the molecule is COCCOCCO[Si](OCCOCCOC)(C1C=CC=C1)C1C=CC=C1. The zero-order chi connectivity index (χ0) is 19.2. The quantitative estimate of drug-likeness (QED) is 0.295. The number of rotatable bonds is 16. The summed E-state index contributed by atoms with van der Waals surface area (Å²) in [6, 6.07) is 0. The van der Waals surface area contributed by atoms with Gasteiger partial charge in [0, 0.05) is 25.3 Å². The third-order valence-corrected chi connectivity index (χ3v) is 8.34. The Balaban J connectivity index is 1.95. The number of ether oxygens (including phenoxy) is 4. The van der Waals surface area contributed by atoms with Crippen LogP contribution in [0.3, 0.4) is 0 Å². The van der Waals surface area contributed by atoms with Crippen molar-refractivity contribution in [1.29, 1.82) is 0 Å². The Morgan fingerprint density at radius 3 is 1.30 bits per heavy atom. The molecule has 0 N–H and O–H groups in total. The summed E-state index contributed by atoms with van der Waals surface area (Å²) >= 11 is 0. The van der Waals surface area contributed by atoms with Crippen LogP contribution in [0.1, 0.15) is 0 Å². The maximum atomic E-state index is 6.47. The van der Waals surface area contributed by atoms with Gasteiger partial charge in [-0.15, -0.1) is 0 Å². The predicted molar refractivity (Wildman–Crippen MR) is 107 cm³/mol. The number of methoxy groups -OCH3 is 2. The third-order valence-electron chi connectivity index (χ3n) is 4.40. The van der Waals surface area contributed by atoms with E-state index < -0.39 is 8.56 Å². The zero-order valence-electron chi connectivity index (χ0n) is 16.4. The van der Waals surface area contributed by atoms with Gasteiger partial charge in [-0.05, 0) is 0 Å². The first-order valence-electron chi connectivity index (χ1n) is 9.44. The standard InChI is InChI=1S/C20H32O6Si/c1-21-11-13-23-15-17-25-27(19-7-3-4-8-19,20-9-5-6-10-20)26-18-16-24-14-12-22-2/h3-10,19-20H,11-18H2,1-2H3. The molecule has 0 radical (unpaired) electrons. The van der Waals surface area contributed by atoms with Crippen molar-refractivity contribution in [1.82, 2.24) is 0 Å². The molecular weight excluding hydrogens is 364 g/mol. The van der Waals surface area contributed by atoms with Crippen molar-refractivity contribution in [2.75, 3.05) is 67.1 Å². The van der Waals surface area contributed by atoms with Crippen LogP contribution < -0.4 is 0 Å². The Hall–Kier alpha value is -1.06. The van der Waals surface area contributed by atoms with Crippen molar-refractivity contribution in [2.24, 2.45) is 0 Å². The Morgan fingerprint density at radius 1 is 0.556 bits per heavy atom. The first kappa shape index (κ1) is 22.2. The number of allylic oxidation sites excluding steroid dienone is 8. The summed E-state index contributed by atoms with van der Waals surface area (Å²) in [5, 5.41) is 0. The molecule has 27 heavy (non-hydrogen) atoms. The normalized spacial score (nSPS) is 17.0. The van der Waals surface area contributed by atoms with Crippen LogP contribution in [0.4, 0.5) is 0 Å². The molecule has 0 saturated carbocycles. The fraction of sp³-hybridized carbons (Fsp3) is 0.600. The van der Waals surface area contributed by atoms with E-state index in [-0.39, 0.29) is 11.1 Å². The maximum absolute atomic E-state index is 6.47. The van der Waals surface area contributed by atoms with E-state index in [0.717, 1.165) is 0 Å². The average Bonchev–Trinajstić information content (AvgIpc) is 3.40. The van der Waals surface area contributed by atoms with Gasteiger partial charge in [-0.3, -0.25) is 0 Å². The van der Waals surface area contributed by atoms with Crippen LogP contribution in [0, 0.1) is 0 Å². The summed E-state index contributed by atoms with van der Waals surface area (Å²) in [7, 11) is 0.693. The Morgan fingerprint density at radius 2 is 0.926 bits per heavy atom. The third kappa shape index (κ3) is 7.12. The fourth-order valence-corrected chi connectivity index (χ4v) is 6.68. The van der Waals surface area contributed by atoms with Gasteiger partial charge in [-0.2, -0.15) is 0 Å².